The first-order chi connectivity index (χ1) is 12.4. The van der Waals surface area contributed by atoms with Crippen LogP contribution in [0, 0.1) is 0 Å². The average Bonchev–Trinajstić information content (AvgIpc) is 2.65. The van der Waals surface area contributed by atoms with E-state index in [1.54, 1.807) is 22.5 Å². The Kier molecular flexibility index (Phi) is 7.28. The number of carbonyl (C=O) groups is 1. The van der Waals surface area contributed by atoms with Gasteiger partial charge >= 0.3 is 0 Å². The molecule has 0 unspecified atom stereocenters. The molecule has 26 heavy (non-hydrogen) atoms. The van der Waals surface area contributed by atoms with Crippen LogP contribution in [0.25, 0.3) is 0 Å². The third kappa shape index (κ3) is 5.11. The van der Waals surface area contributed by atoms with Crippen molar-refractivity contribution in [3.8, 4) is 0 Å². The number of carbonyl (C=O) groups excluding carboxylic acids is 1. The van der Waals surface area contributed by atoms with Crippen LogP contribution in [0.5, 0.6) is 0 Å². The normalized spacial score (nSPS) is 15.5. The molecule has 146 valence electrons. The maximum atomic E-state index is 12.9. The minimum Gasteiger partial charge on any atom is -0.376 e. The molecular formula is C18H30N4O3S. The lowest BCUT2D eigenvalue weighted by atomic mass is 10.2. The van der Waals surface area contributed by atoms with Gasteiger partial charge in [0.05, 0.1) is 22.8 Å². The van der Waals surface area contributed by atoms with E-state index in [9.17, 15) is 13.2 Å². The second-order valence-electron chi connectivity index (χ2n) is 6.74. The van der Waals surface area contributed by atoms with Gasteiger partial charge in [-0.05, 0) is 37.5 Å². The lowest BCUT2D eigenvalue weighted by molar-refractivity contribution is -0.119. The number of hydrogen-bond donors (Lipinski definition) is 2. The van der Waals surface area contributed by atoms with Crippen LogP contribution >= 0.6 is 0 Å². The Bertz CT molecular complexity index is 713. The monoisotopic (exact) mass is 382 g/mol. The molecule has 1 amide bonds. The minimum atomic E-state index is -3.51. The predicted octanol–water partition coefficient (Wildman–Crippen LogP) is 1.87. The molecule has 0 spiro atoms. The van der Waals surface area contributed by atoms with Crippen molar-refractivity contribution >= 4 is 27.3 Å². The lowest BCUT2D eigenvalue weighted by Crippen LogP contribution is -2.35. The summed E-state index contributed by atoms with van der Waals surface area (Å²) in [6.45, 7) is 3.87. The van der Waals surface area contributed by atoms with E-state index in [2.05, 4.69) is 10.6 Å². The number of nitrogens with one attached hydrogen (secondary N) is 2. The number of anilines is 2. The highest BCUT2D eigenvalue weighted by atomic mass is 32.2. The van der Waals surface area contributed by atoms with Gasteiger partial charge in [-0.25, -0.2) is 8.42 Å². The number of benzene rings is 1. The van der Waals surface area contributed by atoms with Crippen LogP contribution in [0.15, 0.2) is 23.1 Å². The van der Waals surface area contributed by atoms with Gasteiger partial charge in [0.25, 0.3) is 0 Å². The molecule has 0 atom stereocenters. The average molecular weight is 383 g/mol. The van der Waals surface area contributed by atoms with E-state index >= 15 is 0 Å². The highest BCUT2D eigenvalue weighted by Gasteiger charge is 2.26. The number of amides is 1. The molecule has 0 aliphatic carbocycles. The summed E-state index contributed by atoms with van der Waals surface area (Å²) >= 11 is 0. The van der Waals surface area contributed by atoms with Crippen LogP contribution in [-0.4, -0.2) is 58.9 Å². The van der Waals surface area contributed by atoms with Gasteiger partial charge < -0.3 is 15.5 Å². The van der Waals surface area contributed by atoms with Crippen molar-refractivity contribution in [2.75, 3.05) is 50.5 Å². The first-order valence-electron chi connectivity index (χ1n) is 9.18. The van der Waals surface area contributed by atoms with Gasteiger partial charge in [-0.15, -0.1) is 0 Å². The summed E-state index contributed by atoms with van der Waals surface area (Å²) in [5.41, 5.74) is 1.48. The molecule has 1 aromatic rings. The van der Waals surface area contributed by atoms with Crippen LogP contribution < -0.4 is 15.5 Å². The van der Waals surface area contributed by atoms with Crippen LogP contribution in [0.1, 0.15) is 32.6 Å². The molecule has 0 radical (unpaired) electrons. The van der Waals surface area contributed by atoms with E-state index in [1.165, 1.54) is 0 Å². The summed E-state index contributed by atoms with van der Waals surface area (Å²) < 4.78 is 27.4. The van der Waals surface area contributed by atoms with Gasteiger partial charge in [-0.2, -0.15) is 4.31 Å². The fraction of sp³-hybridized carbons (Fsp3) is 0.611. The highest BCUT2D eigenvalue weighted by molar-refractivity contribution is 7.89. The first kappa shape index (κ1) is 20.5. The molecule has 0 saturated carbocycles. The number of piperidine rings is 1. The maximum absolute atomic E-state index is 12.9. The zero-order valence-corrected chi connectivity index (χ0v) is 16.7. The SMILES string of the molecule is CCCNC(=O)CNc1cc(S(=O)(=O)N2CCCCC2)ccc1N(C)C. The minimum absolute atomic E-state index is 0.105. The van der Waals surface area contributed by atoms with Crippen molar-refractivity contribution in [1.29, 1.82) is 0 Å². The maximum Gasteiger partial charge on any atom is 0.243 e. The topological polar surface area (TPSA) is 81.8 Å². The Balaban J connectivity index is 2.22. The van der Waals surface area contributed by atoms with Crippen molar-refractivity contribution in [2.24, 2.45) is 0 Å². The molecule has 0 bridgehead atoms. The van der Waals surface area contributed by atoms with Gasteiger partial charge in [0.2, 0.25) is 15.9 Å². The molecule has 2 N–H and O–H groups in total. The van der Waals surface area contributed by atoms with Crippen LogP contribution in [0.2, 0.25) is 0 Å². The van der Waals surface area contributed by atoms with Crippen molar-refractivity contribution in [3.63, 3.8) is 0 Å². The summed E-state index contributed by atoms with van der Waals surface area (Å²) in [6.07, 6.45) is 3.75. The zero-order valence-electron chi connectivity index (χ0n) is 15.9. The molecule has 1 aliphatic rings. The number of rotatable bonds is 8. The summed E-state index contributed by atoms with van der Waals surface area (Å²) in [6, 6.07) is 5.05. The van der Waals surface area contributed by atoms with E-state index in [4.69, 9.17) is 0 Å². The summed E-state index contributed by atoms with van der Waals surface area (Å²) in [7, 11) is 0.265. The molecule has 7 nitrogen and oxygen atoms in total. The van der Waals surface area contributed by atoms with Crippen molar-refractivity contribution in [3.05, 3.63) is 18.2 Å². The van der Waals surface area contributed by atoms with E-state index in [0.717, 1.165) is 31.4 Å². The Hall–Kier alpha value is -1.80. The molecule has 1 aliphatic heterocycles. The number of nitrogens with zero attached hydrogens (tertiary/aromatic N) is 2. The first-order valence-corrected chi connectivity index (χ1v) is 10.6. The van der Waals surface area contributed by atoms with Crippen LogP contribution in [0.4, 0.5) is 11.4 Å². The molecule has 1 aromatic carbocycles. The highest BCUT2D eigenvalue weighted by Crippen LogP contribution is 2.29. The summed E-state index contributed by atoms with van der Waals surface area (Å²) in [5.74, 6) is -0.110. The summed E-state index contributed by atoms with van der Waals surface area (Å²) in [5, 5.41) is 5.89. The fourth-order valence-electron chi connectivity index (χ4n) is 2.96. The van der Waals surface area contributed by atoms with E-state index in [1.807, 2.05) is 25.9 Å². The van der Waals surface area contributed by atoms with Gasteiger partial charge in [-0.1, -0.05) is 13.3 Å². The number of sulfonamides is 1. The predicted molar refractivity (Wildman–Crippen MR) is 105 cm³/mol. The zero-order chi connectivity index (χ0) is 19.2. The number of hydrogen-bond acceptors (Lipinski definition) is 5. The van der Waals surface area contributed by atoms with E-state index in [-0.39, 0.29) is 17.3 Å². The quantitative estimate of drug-likeness (QED) is 0.717. The molecule has 1 fully saturated rings. The molecule has 1 heterocycles. The van der Waals surface area contributed by atoms with Crippen molar-refractivity contribution in [2.45, 2.75) is 37.5 Å². The standard InChI is InChI=1S/C18H30N4O3S/c1-4-10-19-18(23)14-20-16-13-15(8-9-17(16)21(2)3)26(24,25)22-11-6-5-7-12-22/h8-9,13,20H,4-7,10-12,14H2,1-3H3,(H,19,23). The summed E-state index contributed by atoms with van der Waals surface area (Å²) in [4.78, 5) is 14.0. The second-order valence-corrected chi connectivity index (χ2v) is 8.68. The smallest absolute Gasteiger partial charge is 0.243 e. The Labute approximate surface area is 156 Å². The Morgan fingerprint density at radius 1 is 1.19 bits per heavy atom. The third-order valence-electron chi connectivity index (χ3n) is 4.41. The van der Waals surface area contributed by atoms with Gasteiger partial charge in [-0.3, -0.25) is 4.79 Å². The van der Waals surface area contributed by atoms with Crippen LogP contribution in [-0.2, 0) is 14.8 Å². The van der Waals surface area contributed by atoms with Gasteiger partial charge in [0.15, 0.2) is 0 Å². The van der Waals surface area contributed by atoms with E-state index in [0.29, 0.717) is 25.3 Å². The molecular weight excluding hydrogens is 352 g/mol. The third-order valence-corrected chi connectivity index (χ3v) is 6.31. The van der Waals surface area contributed by atoms with Gasteiger partial charge in [0, 0.05) is 33.7 Å². The lowest BCUT2D eigenvalue weighted by Gasteiger charge is -2.27. The van der Waals surface area contributed by atoms with Gasteiger partial charge in [0.1, 0.15) is 0 Å². The largest absolute Gasteiger partial charge is 0.376 e. The molecule has 0 aromatic heterocycles. The Morgan fingerprint density at radius 2 is 1.88 bits per heavy atom. The second kappa shape index (κ2) is 9.23. The Morgan fingerprint density at radius 3 is 2.50 bits per heavy atom. The molecule has 1 saturated heterocycles. The van der Waals surface area contributed by atoms with Crippen LogP contribution in [0.3, 0.4) is 0 Å². The fourth-order valence-corrected chi connectivity index (χ4v) is 4.51. The molecule has 2 rings (SSSR count). The van der Waals surface area contributed by atoms with E-state index < -0.39 is 10.0 Å². The van der Waals surface area contributed by atoms with Crippen molar-refractivity contribution in [1.82, 2.24) is 9.62 Å². The van der Waals surface area contributed by atoms with Crippen molar-refractivity contribution < 1.29 is 13.2 Å². The molecule has 8 heteroatoms.